The highest BCUT2D eigenvalue weighted by Gasteiger charge is 2.17. The molecule has 0 aliphatic heterocycles. The van der Waals surface area contributed by atoms with Gasteiger partial charge in [-0.25, -0.2) is 9.78 Å². The van der Waals surface area contributed by atoms with Crippen molar-refractivity contribution in [2.24, 2.45) is 0 Å². The average molecular weight is 383 g/mol. The third-order valence-electron chi connectivity index (χ3n) is 3.43. The number of rotatable bonds is 6. The summed E-state index contributed by atoms with van der Waals surface area (Å²) < 4.78 is 10.0. The molecular weight excluding hydrogens is 366 g/mol. The Bertz CT molecular complexity index is 913. The maximum atomic E-state index is 12.3. The summed E-state index contributed by atoms with van der Waals surface area (Å²) in [6, 6.07) is 18.4. The third-order valence-corrected chi connectivity index (χ3v) is 4.32. The Labute approximate surface area is 160 Å². The van der Waals surface area contributed by atoms with E-state index in [1.54, 1.807) is 12.1 Å². The molecule has 0 aliphatic carbocycles. The molecule has 138 valence electrons. The Hall–Kier alpha value is -3.39. The summed E-state index contributed by atoms with van der Waals surface area (Å²) in [7, 11) is 1.27. The van der Waals surface area contributed by atoms with Crippen molar-refractivity contribution in [1.82, 2.24) is 4.98 Å². The summed E-state index contributed by atoms with van der Waals surface area (Å²) in [5.41, 5.74) is 1.37. The molecule has 8 heteroatoms. The highest BCUT2D eigenvalue weighted by Crippen LogP contribution is 2.35. The van der Waals surface area contributed by atoms with E-state index in [0.29, 0.717) is 21.6 Å². The molecule has 0 aliphatic rings. The van der Waals surface area contributed by atoms with Crippen molar-refractivity contribution in [3.63, 3.8) is 0 Å². The van der Waals surface area contributed by atoms with E-state index >= 15 is 0 Å². The molecule has 3 rings (SSSR count). The fourth-order valence-electron chi connectivity index (χ4n) is 2.22. The topological polar surface area (TPSA) is 89.5 Å². The van der Waals surface area contributed by atoms with Crippen LogP contribution in [0.15, 0.2) is 60.7 Å². The van der Waals surface area contributed by atoms with Crippen LogP contribution in [0.1, 0.15) is 0 Å². The van der Waals surface area contributed by atoms with E-state index in [0.717, 1.165) is 16.9 Å². The fraction of sp³-hybridized carbons (Fsp3) is 0.105. The number of hydrogen-bond donors (Lipinski definition) is 2. The van der Waals surface area contributed by atoms with Crippen molar-refractivity contribution in [2.75, 3.05) is 24.4 Å². The van der Waals surface area contributed by atoms with Gasteiger partial charge in [-0.1, -0.05) is 59.9 Å². The third kappa shape index (κ3) is 5.05. The minimum Gasteiger partial charge on any atom is -0.484 e. The monoisotopic (exact) mass is 383 g/mol. The number of amides is 2. The van der Waals surface area contributed by atoms with Crippen LogP contribution in [0.3, 0.4) is 0 Å². The zero-order valence-electron chi connectivity index (χ0n) is 14.5. The van der Waals surface area contributed by atoms with E-state index in [-0.39, 0.29) is 12.5 Å². The van der Waals surface area contributed by atoms with E-state index in [4.69, 9.17) is 4.74 Å². The number of nitrogens with one attached hydrogen (secondary N) is 2. The van der Waals surface area contributed by atoms with Gasteiger partial charge >= 0.3 is 6.09 Å². The minimum atomic E-state index is -0.631. The molecular formula is C19H17N3O4S. The van der Waals surface area contributed by atoms with Gasteiger partial charge in [0.05, 0.1) is 7.11 Å². The van der Waals surface area contributed by atoms with Crippen molar-refractivity contribution in [1.29, 1.82) is 0 Å². The van der Waals surface area contributed by atoms with Gasteiger partial charge in [-0.3, -0.25) is 10.1 Å². The first-order valence-electron chi connectivity index (χ1n) is 8.04. The van der Waals surface area contributed by atoms with Crippen molar-refractivity contribution in [2.45, 2.75) is 0 Å². The summed E-state index contributed by atoms with van der Waals surface area (Å²) in [6.07, 6.45) is -0.631. The number of benzene rings is 2. The van der Waals surface area contributed by atoms with Crippen LogP contribution in [0, 0.1) is 0 Å². The number of carbonyl (C=O) groups excluding carboxylic acids is 2. The van der Waals surface area contributed by atoms with E-state index < -0.39 is 6.09 Å². The summed E-state index contributed by atoms with van der Waals surface area (Å²) in [6.45, 7) is -0.143. The van der Waals surface area contributed by atoms with Gasteiger partial charge < -0.3 is 14.8 Å². The van der Waals surface area contributed by atoms with Gasteiger partial charge in [-0.2, -0.15) is 0 Å². The maximum absolute atomic E-state index is 12.3. The second kappa shape index (κ2) is 8.81. The van der Waals surface area contributed by atoms with Crippen LogP contribution < -0.4 is 15.4 Å². The standard InChI is InChI=1S/C19H17N3O4S/c1-25-19(24)22-18-21-16(13-8-4-2-5-9-13)17(27-18)20-15(23)12-26-14-10-6-3-7-11-14/h2-11H,12H2,1H3,(H,20,23)(H,21,22,24). The molecule has 3 aromatic rings. The number of para-hydroxylation sites is 1. The number of thiazole rings is 1. The van der Waals surface area contributed by atoms with Crippen LogP contribution in [0.25, 0.3) is 11.3 Å². The highest BCUT2D eigenvalue weighted by molar-refractivity contribution is 7.20. The molecule has 0 radical (unpaired) electrons. The number of hydrogen-bond acceptors (Lipinski definition) is 6. The molecule has 0 spiro atoms. The van der Waals surface area contributed by atoms with Crippen molar-refractivity contribution in [3.05, 3.63) is 60.7 Å². The van der Waals surface area contributed by atoms with Gasteiger partial charge in [0.15, 0.2) is 11.7 Å². The zero-order valence-corrected chi connectivity index (χ0v) is 15.3. The van der Waals surface area contributed by atoms with E-state index in [1.165, 1.54) is 7.11 Å². The zero-order chi connectivity index (χ0) is 19.1. The first-order chi connectivity index (χ1) is 13.2. The highest BCUT2D eigenvalue weighted by atomic mass is 32.1. The SMILES string of the molecule is COC(=O)Nc1nc(-c2ccccc2)c(NC(=O)COc2ccccc2)s1. The molecule has 0 unspecified atom stereocenters. The normalized spacial score (nSPS) is 10.1. The second-order valence-corrected chi connectivity index (χ2v) is 6.33. The van der Waals surface area contributed by atoms with Crippen LogP contribution >= 0.6 is 11.3 Å². The van der Waals surface area contributed by atoms with Crippen molar-refractivity contribution < 1.29 is 19.1 Å². The Kier molecular flexibility index (Phi) is 6.01. The Morgan fingerprint density at radius 3 is 2.33 bits per heavy atom. The first kappa shape index (κ1) is 18.4. The Balaban J connectivity index is 1.76. The van der Waals surface area contributed by atoms with Gasteiger partial charge in [0.25, 0.3) is 5.91 Å². The molecule has 2 N–H and O–H groups in total. The molecule has 2 aromatic carbocycles. The molecule has 0 saturated heterocycles. The molecule has 0 fully saturated rings. The predicted molar refractivity (Wildman–Crippen MR) is 104 cm³/mol. The van der Waals surface area contributed by atoms with Crippen LogP contribution in [-0.2, 0) is 9.53 Å². The molecule has 2 amide bonds. The number of carbonyl (C=O) groups is 2. The largest absolute Gasteiger partial charge is 0.484 e. The van der Waals surface area contributed by atoms with Crippen LogP contribution in [0.4, 0.5) is 14.9 Å². The van der Waals surface area contributed by atoms with Crippen molar-refractivity contribution in [3.8, 4) is 17.0 Å². The molecule has 7 nitrogen and oxygen atoms in total. The molecule has 1 heterocycles. The molecule has 0 atom stereocenters. The van der Waals surface area contributed by atoms with Crippen molar-refractivity contribution >= 4 is 33.5 Å². The summed E-state index contributed by atoms with van der Waals surface area (Å²) in [5.74, 6) is 0.276. The van der Waals surface area contributed by atoms with Gasteiger partial charge in [0.1, 0.15) is 16.4 Å². The predicted octanol–water partition coefficient (Wildman–Crippen LogP) is 4.01. The maximum Gasteiger partial charge on any atom is 0.413 e. The van der Waals surface area contributed by atoms with Gasteiger partial charge in [0, 0.05) is 5.56 Å². The molecule has 1 aromatic heterocycles. The quantitative estimate of drug-likeness (QED) is 0.671. The Morgan fingerprint density at radius 2 is 1.67 bits per heavy atom. The lowest BCUT2D eigenvalue weighted by atomic mass is 10.2. The van der Waals surface area contributed by atoms with Crippen LogP contribution in [0.2, 0.25) is 0 Å². The lowest BCUT2D eigenvalue weighted by Gasteiger charge is -2.07. The smallest absolute Gasteiger partial charge is 0.413 e. The fourth-order valence-corrected chi connectivity index (χ4v) is 3.11. The second-order valence-electron chi connectivity index (χ2n) is 5.33. The lowest BCUT2D eigenvalue weighted by molar-refractivity contribution is -0.118. The van der Waals surface area contributed by atoms with E-state index in [2.05, 4.69) is 20.4 Å². The molecule has 0 saturated carbocycles. The van der Waals surface area contributed by atoms with Crippen LogP contribution in [-0.4, -0.2) is 30.7 Å². The van der Waals surface area contributed by atoms with E-state index in [9.17, 15) is 9.59 Å². The Morgan fingerprint density at radius 1 is 1.00 bits per heavy atom. The summed E-state index contributed by atoms with van der Waals surface area (Å²) in [5, 5.41) is 6.14. The number of ether oxygens (including phenoxy) is 2. The number of methoxy groups -OCH3 is 1. The average Bonchev–Trinajstić information content (AvgIpc) is 3.09. The number of aromatic nitrogens is 1. The summed E-state index contributed by atoms with van der Waals surface area (Å²) >= 11 is 1.14. The van der Waals surface area contributed by atoms with E-state index in [1.807, 2.05) is 48.5 Å². The lowest BCUT2D eigenvalue weighted by Crippen LogP contribution is -2.19. The van der Waals surface area contributed by atoms with Gasteiger partial charge in [-0.15, -0.1) is 0 Å². The van der Waals surface area contributed by atoms with Crippen LogP contribution in [0.5, 0.6) is 5.75 Å². The first-order valence-corrected chi connectivity index (χ1v) is 8.86. The minimum absolute atomic E-state index is 0.143. The molecule has 27 heavy (non-hydrogen) atoms. The van der Waals surface area contributed by atoms with Gasteiger partial charge in [0.2, 0.25) is 0 Å². The number of nitrogens with zero attached hydrogens (tertiary/aromatic N) is 1. The number of anilines is 2. The molecule has 0 bridgehead atoms. The summed E-state index contributed by atoms with van der Waals surface area (Å²) in [4.78, 5) is 28.1. The van der Waals surface area contributed by atoms with Gasteiger partial charge in [-0.05, 0) is 12.1 Å².